The average molecular weight is 441 g/mol. The van der Waals surface area contributed by atoms with E-state index in [4.69, 9.17) is 18.6 Å². The van der Waals surface area contributed by atoms with Crippen LogP contribution in [0.2, 0.25) is 0 Å². The second-order valence-electron chi connectivity index (χ2n) is 5.57. The Morgan fingerprint density at radius 3 is 2.48 bits per heavy atom. The van der Waals surface area contributed by atoms with Gasteiger partial charge in [0.15, 0.2) is 28.7 Å². The monoisotopic (exact) mass is 440 g/mol. The van der Waals surface area contributed by atoms with Gasteiger partial charge in [-0.25, -0.2) is 8.78 Å². The maximum atomic E-state index is 13.7. The van der Waals surface area contributed by atoms with E-state index in [-0.39, 0.29) is 29.2 Å². The van der Waals surface area contributed by atoms with Gasteiger partial charge < -0.3 is 18.6 Å². The Hall–Kier alpha value is -2.61. The van der Waals surface area contributed by atoms with E-state index in [9.17, 15) is 13.6 Å². The molecule has 1 heterocycles. The summed E-state index contributed by atoms with van der Waals surface area (Å²) in [6.45, 7) is 1.47. The summed E-state index contributed by atoms with van der Waals surface area (Å²) in [7, 11) is 1.47. The van der Waals surface area contributed by atoms with E-state index in [1.165, 1.54) is 32.4 Å². The Bertz CT molecular complexity index is 999. The Balaban J connectivity index is 1.75. The molecule has 0 aliphatic rings. The first-order valence-corrected chi connectivity index (χ1v) is 8.71. The molecule has 0 amide bonds. The lowest BCUT2D eigenvalue weighted by Crippen LogP contribution is -2.10. The molecular weight excluding hydrogens is 426 g/mol. The van der Waals surface area contributed by atoms with Crippen LogP contribution in [0, 0.1) is 11.6 Å². The molecule has 5 nitrogen and oxygen atoms in total. The van der Waals surface area contributed by atoms with Gasteiger partial charge in [-0.2, -0.15) is 0 Å². The number of hydrogen-bond acceptors (Lipinski definition) is 5. The van der Waals surface area contributed by atoms with Gasteiger partial charge in [-0.1, -0.05) is 0 Å². The molecule has 8 heteroatoms. The van der Waals surface area contributed by atoms with E-state index in [1.54, 1.807) is 6.07 Å². The largest absolute Gasteiger partial charge is 0.495 e. The van der Waals surface area contributed by atoms with Crippen molar-refractivity contribution in [2.75, 3.05) is 20.3 Å². The van der Waals surface area contributed by atoms with Gasteiger partial charge >= 0.3 is 0 Å². The van der Waals surface area contributed by atoms with Gasteiger partial charge in [0.2, 0.25) is 0 Å². The van der Waals surface area contributed by atoms with Crippen LogP contribution in [-0.4, -0.2) is 26.1 Å². The molecule has 0 radical (unpaired) electrons. The summed E-state index contributed by atoms with van der Waals surface area (Å²) >= 11 is 2.97. The Morgan fingerprint density at radius 1 is 1.11 bits per heavy atom. The first-order chi connectivity index (χ1) is 12.9. The number of furan rings is 1. The molecule has 142 valence electrons. The van der Waals surface area contributed by atoms with Crippen LogP contribution < -0.4 is 14.2 Å². The number of hydrogen-bond donors (Lipinski definition) is 0. The number of ketones is 1. The topological polar surface area (TPSA) is 57.9 Å². The molecule has 1 aromatic heterocycles. The highest BCUT2D eigenvalue weighted by molar-refractivity contribution is 9.10. The molecule has 0 aliphatic carbocycles. The number of ether oxygens (including phenoxy) is 3. The quantitative estimate of drug-likeness (QED) is 0.289. The number of halogens is 3. The summed E-state index contributed by atoms with van der Waals surface area (Å²) in [5, 5.41) is 0.606. The van der Waals surface area contributed by atoms with Crippen LogP contribution in [0.15, 0.2) is 39.4 Å². The minimum Gasteiger partial charge on any atom is -0.495 e. The second-order valence-corrected chi connectivity index (χ2v) is 6.42. The van der Waals surface area contributed by atoms with Gasteiger partial charge in [0.05, 0.1) is 28.8 Å². The van der Waals surface area contributed by atoms with E-state index in [0.29, 0.717) is 28.0 Å². The Morgan fingerprint density at radius 2 is 1.81 bits per heavy atom. The molecule has 0 aliphatic heterocycles. The molecule has 0 fully saturated rings. The number of methoxy groups -OCH3 is 1. The van der Waals surface area contributed by atoms with Crippen molar-refractivity contribution in [3.05, 3.63) is 52.2 Å². The number of carbonyl (C=O) groups excluding carboxylic acids is 1. The lowest BCUT2D eigenvalue weighted by Gasteiger charge is -2.13. The van der Waals surface area contributed by atoms with E-state index in [2.05, 4.69) is 15.9 Å². The molecule has 27 heavy (non-hydrogen) atoms. The number of benzene rings is 2. The van der Waals surface area contributed by atoms with Crippen LogP contribution in [0.5, 0.6) is 17.2 Å². The average Bonchev–Trinajstić information content (AvgIpc) is 3.11. The third kappa shape index (κ3) is 3.90. The first-order valence-electron chi connectivity index (χ1n) is 7.91. The zero-order valence-electron chi connectivity index (χ0n) is 14.5. The van der Waals surface area contributed by atoms with Gasteiger partial charge in [-0.15, -0.1) is 0 Å². The molecule has 0 spiro atoms. The molecule has 2 aromatic carbocycles. The van der Waals surface area contributed by atoms with E-state index in [0.717, 1.165) is 6.07 Å². The summed E-state index contributed by atoms with van der Waals surface area (Å²) in [5.74, 6) is -1.07. The van der Waals surface area contributed by atoms with Gasteiger partial charge in [-0.3, -0.25) is 4.79 Å². The maximum absolute atomic E-state index is 13.7. The number of carbonyl (C=O) groups is 1. The van der Waals surface area contributed by atoms with Crippen molar-refractivity contribution in [2.24, 2.45) is 0 Å². The van der Waals surface area contributed by atoms with Crippen LogP contribution in [0.1, 0.15) is 17.3 Å². The predicted octanol–water partition coefficient (Wildman–Crippen LogP) is 5.14. The van der Waals surface area contributed by atoms with Gasteiger partial charge in [0.25, 0.3) is 0 Å². The van der Waals surface area contributed by atoms with Crippen LogP contribution >= 0.6 is 15.9 Å². The van der Waals surface area contributed by atoms with Crippen molar-refractivity contribution in [1.29, 1.82) is 0 Å². The van der Waals surface area contributed by atoms with Crippen molar-refractivity contribution < 1.29 is 32.2 Å². The van der Waals surface area contributed by atoms with Crippen molar-refractivity contribution in [3.8, 4) is 17.2 Å². The van der Waals surface area contributed by atoms with Crippen molar-refractivity contribution >= 4 is 32.7 Å². The molecule has 0 saturated carbocycles. The van der Waals surface area contributed by atoms with Gasteiger partial charge in [-0.05, 0) is 35.0 Å². The Kier molecular flexibility index (Phi) is 5.65. The summed E-state index contributed by atoms with van der Waals surface area (Å²) in [4.78, 5) is 11.9. The van der Waals surface area contributed by atoms with Gasteiger partial charge in [0.1, 0.15) is 24.8 Å². The normalized spacial score (nSPS) is 10.9. The molecule has 3 aromatic rings. The van der Waals surface area contributed by atoms with Crippen LogP contribution in [0.3, 0.4) is 0 Å². The third-order valence-electron chi connectivity index (χ3n) is 3.81. The van der Waals surface area contributed by atoms with Crippen LogP contribution in [0.25, 0.3) is 11.0 Å². The minimum atomic E-state index is -0.813. The Labute approximate surface area is 161 Å². The molecule has 0 unspecified atom stereocenters. The first kappa shape index (κ1) is 19.2. The highest BCUT2D eigenvalue weighted by Gasteiger charge is 2.19. The number of fused-ring (bicyclic) bond motifs is 1. The molecule has 0 N–H and O–H groups in total. The van der Waals surface area contributed by atoms with Crippen LogP contribution in [-0.2, 0) is 0 Å². The fourth-order valence-electron chi connectivity index (χ4n) is 2.59. The fraction of sp³-hybridized carbons (Fsp3) is 0.211. The van der Waals surface area contributed by atoms with Crippen LogP contribution in [0.4, 0.5) is 8.78 Å². The third-order valence-corrected chi connectivity index (χ3v) is 4.42. The van der Waals surface area contributed by atoms with Crippen molar-refractivity contribution in [2.45, 2.75) is 6.92 Å². The molecule has 3 rings (SSSR count). The van der Waals surface area contributed by atoms with E-state index < -0.39 is 11.6 Å². The summed E-state index contributed by atoms with van der Waals surface area (Å²) < 4.78 is 48.7. The second kappa shape index (κ2) is 7.96. The summed E-state index contributed by atoms with van der Waals surface area (Å²) in [5.41, 5.74) is 0.781. The summed E-state index contributed by atoms with van der Waals surface area (Å²) in [6, 6.07) is 5.14. The summed E-state index contributed by atoms with van der Waals surface area (Å²) in [6.07, 6.45) is 1.46. The van der Waals surface area contributed by atoms with Gasteiger partial charge in [0, 0.05) is 12.1 Å². The fourth-order valence-corrected chi connectivity index (χ4v) is 2.92. The molecular formula is C19H15BrF2O5. The molecule has 0 atom stereocenters. The standard InChI is InChI=1S/C19H15BrF2O5/c1-10(23)12-7-17(19-11(3-4-27-19)18(12)24-2)26-6-5-25-16-8-13(20)14(21)9-15(16)22/h3-4,7-9H,5-6H2,1-2H3. The van der Waals surface area contributed by atoms with E-state index >= 15 is 0 Å². The zero-order valence-corrected chi connectivity index (χ0v) is 16.1. The highest BCUT2D eigenvalue weighted by Crippen LogP contribution is 2.37. The maximum Gasteiger partial charge on any atom is 0.179 e. The lowest BCUT2D eigenvalue weighted by atomic mass is 10.1. The highest BCUT2D eigenvalue weighted by atomic mass is 79.9. The number of Topliss-reactive ketones (excluding diaryl/α,β-unsaturated/α-hetero) is 1. The lowest BCUT2D eigenvalue weighted by molar-refractivity contribution is 0.101. The molecule has 0 saturated heterocycles. The molecule has 0 bridgehead atoms. The zero-order chi connectivity index (χ0) is 19.6. The van der Waals surface area contributed by atoms with E-state index in [1.807, 2.05) is 0 Å². The SMILES string of the molecule is COc1c(C(C)=O)cc(OCCOc2cc(Br)c(F)cc2F)c2occc12. The number of rotatable bonds is 7. The van der Waals surface area contributed by atoms with Crippen molar-refractivity contribution in [1.82, 2.24) is 0 Å². The predicted molar refractivity (Wildman–Crippen MR) is 97.8 cm³/mol. The minimum absolute atomic E-state index is 0.00136. The smallest absolute Gasteiger partial charge is 0.179 e. The van der Waals surface area contributed by atoms with Crippen molar-refractivity contribution in [3.63, 3.8) is 0 Å².